The average Bonchev–Trinajstić information content (AvgIpc) is 2.05. The largest absolute Gasteiger partial charge is 0.279 e. The molecule has 0 aromatic carbocycles. The molecule has 0 bridgehead atoms. The van der Waals surface area contributed by atoms with E-state index in [1.165, 1.54) is 6.08 Å². The first-order valence-electron chi connectivity index (χ1n) is 3.97. The van der Waals surface area contributed by atoms with Gasteiger partial charge in [-0.2, -0.15) is 0 Å². The Balaban J connectivity index is 3.96. The van der Waals surface area contributed by atoms with Crippen LogP contribution in [0.5, 0.6) is 0 Å². The van der Waals surface area contributed by atoms with E-state index in [1.54, 1.807) is 0 Å². The van der Waals surface area contributed by atoms with E-state index < -0.39 is 11.8 Å². The van der Waals surface area contributed by atoms with E-state index in [0.717, 1.165) is 12.8 Å². The standard InChI is InChI=1S/C8H15NO3/c1-3-5-6-7(4-2)8(10)9(11)12/h4,7,11-12H,2-3,5-6H2,1H3. The van der Waals surface area contributed by atoms with Crippen molar-refractivity contribution in [3.8, 4) is 0 Å². The van der Waals surface area contributed by atoms with Crippen LogP contribution in [0.25, 0.3) is 0 Å². The maximum absolute atomic E-state index is 10.9. The first-order chi connectivity index (χ1) is 5.63. The SMILES string of the molecule is C=CC(CCCC)C(=O)N(O)O. The van der Waals surface area contributed by atoms with Gasteiger partial charge < -0.3 is 0 Å². The third-order valence-electron chi connectivity index (χ3n) is 1.67. The second kappa shape index (κ2) is 5.74. The predicted octanol–water partition coefficient (Wildman–Crippen LogP) is 1.59. The van der Waals surface area contributed by atoms with Crippen LogP contribution in [0.15, 0.2) is 12.7 Å². The molecule has 0 radical (unpaired) electrons. The molecule has 70 valence electrons. The zero-order valence-electron chi connectivity index (χ0n) is 7.23. The molecule has 4 heteroatoms. The van der Waals surface area contributed by atoms with Crippen LogP contribution in [0.2, 0.25) is 0 Å². The van der Waals surface area contributed by atoms with Gasteiger partial charge in [0.15, 0.2) is 0 Å². The molecule has 2 N–H and O–H groups in total. The van der Waals surface area contributed by atoms with Gasteiger partial charge in [-0.05, 0) is 6.42 Å². The molecule has 1 atom stereocenters. The molecule has 0 saturated heterocycles. The van der Waals surface area contributed by atoms with Gasteiger partial charge in [0, 0.05) is 0 Å². The number of nitrogens with zero attached hydrogens (tertiary/aromatic N) is 1. The number of rotatable bonds is 5. The molecule has 4 nitrogen and oxygen atoms in total. The highest BCUT2D eigenvalue weighted by molar-refractivity contribution is 5.78. The molecule has 0 heterocycles. The first-order valence-corrected chi connectivity index (χ1v) is 3.97. The molecule has 0 rings (SSSR count). The number of hydroxylamine groups is 2. The summed E-state index contributed by atoms with van der Waals surface area (Å²) in [7, 11) is 0. The van der Waals surface area contributed by atoms with Gasteiger partial charge in [0.05, 0.1) is 5.92 Å². The van der Waals surface area contributed by atoms with E-state index in [1.807, 2.05) is 6.92 Å². The van der Waals surface area contributed by atoms with Crippen molar-refractivity contribution in [1.29, 1.82) is 0 Å². The molecule has 0 aromatic heterocycles. The van der Waals surface area contributed by atoms with Gasteiger partial charge in [0.2, 0.25) is 0 Å². The lowest BCUT2D eigenvalue weighted by Crippen LogP contribution is -2.29. The topological polar surface area (TPSA) is 60.8 Å². The molecule has 0 aromatic rings. The van der Waals surface area contributed by atoms with Crippen LogP contribution >= 0.6 is 0 Å². The van der Waals surface area contributed by atoms with Crippen molar-refractivity contribution in [3.05, 3.63) is 12.7 Å². The zero-order chi connectivity index (χ0) is 9.56. The van der Waals surface area contributed by atoms with Crippen molar-refractivity contribution in [2.75, 3.05) is 0 Å². The van der Waals surface area contributed by atoms with Crippen molar-refractivity contribution in [2.45, 2.75) is 26.2 Å². The maximum Gasteiger partial charge on any atom is 0.279 e. The minimum Gasteiger partial charge on any atom is -0.269 e. The number of carbonyl (C=O) groups excluding carboxylic acids is 1. The second-order valence-corrected chi connectivity index (χ2v) is 2.61. The highest BCUT2D eigenvalue weighted by Crippen LogP contribution is 2.11. The molecule has 0 fully saturated rings. The van der Waals surface area contributed by atoms with Gasteiger partial charge in [-0.1, -0.05) is 31.1 Å². The second-order valence-electron chi connectivity index (χ2n) is 2.61. The molecular formula is C8H15NO3. The summed E-state index contributed by atoms with van der Waals surface area (Å²) in [5.41, 5.74) is 0. The summed E-state index contributed by atoms with van der Waals surface area (Å²) in [4.78, 5) is 10.9. The smallest absolute Gasteiger partial charge is 0.269 e. The lowest BCUT2D eigenvalue weighted by Gasteiger charge is -2.12. The molecule has 0 spiro atoms. The lowest BCUT2D eigenvalue weighted by atomic mass is 10.0. The molecule has 1 amide bonds. The lowest BCUT2D eigenvalue weighted by molar-refractivity contribution is -0.287. The number of amides is 1. The van der Waals surface area contributed by atoms with E-state index >= 15 is 0 Å². The molecule has 0 aliphatic rings. The van der Waals surface area contributed by atoms with E-state index in [9.17, 15) is 4.79 Å². The summed E-state index contributed by atoms with van der Waals surface area (Å²) in [5.74, 6) is -1.21. The van der Waals surface area contributed by atoms with Crippen LogP contribution in [0.3, 0.4) is 0 Å². The Bertz CT molecular complexity index is 156. The molecule has 0 saturated carbocycles. The van der Waals surface area contributed by atoms with Gasteiger partial charge in [0.1, 0.15) is 0 Å². The Labute approximate surface area is 72.0 Å². The van der Waals surface area contributed by atoms with Crippen molar-refractivity contribution in [3.63, 3.8) is 0 Å². The summed E-state index contributed by atoms with van der Waals surface area (Å²) in [6.45, 7) is 5.45. The first kappa shape index (κ1) is 11.1. The average molecular weight is 173 g/mol. The molecule has 0 aliphatic carbocycles. The third-order valence-corrected chi connectivity index (χ3v) is 1.67. The van der Waals surface area contributed by atoms with Crippen molar-refractivity contribution in [2.24, 2.45) is 5.92 Å². The van der Waals surface area contributed by atoms with Crippen molar-refractivity contribution in [1.82, 2.24) is 5.23 Å². The number of hydrogen-bond acceptors (Lipinski definition) is 3. The van der Waals surface area contributed by atoms with Crippen LogP contribution in [0.1, 0.15) is 26.2 Å². The Morgan fingerprint density at radius 1 is 1.67 bits per heavy atom. The monoisotopic (exact) mass is 173 g/mol. The normalized spacial score (nSPS) is 12.2. The van der Waals surface area contributed by atoms with E-state index in [0.29, 0.717) is 6.42 Å². The van der Waals surface area contributed by atoms with Crippen LogP contribution in [-0.2, 0) is 4.79 Å². The van der Waals surface area contributed by atoms with Crippen molar-refractivity contribution >= 4 is 5.91 Å². The molecule has 0 aliphatic heterocycles. The van der Waals surface area contributed by atoms with Crippen LogP contribution in [-0.4, -0.2) is 21.5 Å². The van der Waals surface area contributed by atoms with Gasteiger partial charge in [-0.15, -0.1) is 6.58 Å². The Morgan fingerprint density at radius 2 is 2.25 bits per heavy atom. The fourth-order valence-corrected chi connectivity index (χ4v) is 0.914. The summed E-state index contributed by atoms with van der Waals surface area (Å²) in [5, 5.41) is 16.5. The van der Waals surface area contributed by atoms with Crippen molar-refractivity contribution < 1.29 is 15.2 Å². The quantitative estimate of drug-likeness (QED) is 0.377. The van der Waals surface area contributed by atoms with E-state index in [2.05, 4.69) is 6.58 Å². The number of carbonyl (C=O) groups is 1. The van der Waals surface area contributed by atoms with Crippen LogP contribution in [0, 0.1) is 5.92 Å². The minimum atomic E-state index is -0.724. The third kappa shape index (κ3) is 3.50. The van der Waals surface area contributed by atoms with Gasteiger partial charge in [0.25, 0.3) is 5.91 Å². The van der Waals surface area contributed by atoms with Crippen LogP contribution < -0.4 is 0 Å². The molecule has 1 unspecified atom stereocenters. The Morgan fingerprint density at radius 3 is 2.58 bits per heavy atom. The maximum atomic E-state index is 10.9. The zero-order valence-corrected chi connectivity index (χ0v) is 7.23. The predicted molar refractivity (Wildman–Crippen MR) is 43.6 cm³/mol. The van der Waals surface area contributed by atoms with Gasteiger partial charge in [-0.3, -0.25) is 15.2 Å². The van der Waals surface area contributed by atoms with Gasteiger partial charge >= 0.3 is 0 Å². The van der Waals surface area contributed by atoms with Gasteiger partial charge in [-0.25, -0.2) is 0 Å². The fraction of sp³-hybridized carbons (Fsp3) is 0.625. The summed E-state index contributed by atoms with van der Waals surface area (Å²) in [6, 6.07) is 0. The summed E-state index contributed by atoms with van der Waals surface area (Å²) < 4.78 is 0. The Hall–Kier alpha value is -0.870. The van der Waals surface area contributed by atoms with E-state index in [-0.39, 0.29) is 5.23 Å². The summed E-state index contributed by atoms with van der Waals surface area (Å²) >= 11 is 0. The highest BCUT2D eigenvalue weighted by atomic mass is 16.8. The highest BCUT2D eigenvalue weighted by Gasteiger charge is 2.18. The summed E-state index contributed by atoms with van der Waals surface area (Å²) in [6.07, 6.45) is 3.87. The van der Waals surface area contributed by atoms with Crippen LogP contribution in [0.4, 0.5) is 0 Å². The number of hydrogen-bond donors (Lipinski definition) is 2. The molecular weight excluding hydrogens is 158 g/mol. The minimum absolute atomic E-state index is 0.373. The Kier molecular flexibility index (Phi) is 5.32. The molecule has 12 heavy (non-hydrogen) atoms. The van der Waals surface area contributed by atoms with E-state index in [4.69, 9.17) is 10.4 Å². The number of unbranched alkanes of at least 4 members (excludes halogenated alkanes) is 1. The fourth-order valence-electron chi connectivity index (χ4n) is 0.914.